The topological polar surface area (TPSA) is 46.0 Å². The number of hydrogen-bond donors (Lipinski definition) is 1. The Balaban J connectivity index is 1.75. The number of aromatic amines is 1. The van der Waals surface area contributed by atoms with Crippen molar-refractivity contribution in [3.05, 3.63) is 105 Å². The fourth-order valence-corrected chi connectivity index (χ4v) is 3.83. The molecule has 1 aliphatic carbocycles. The third-order valence-corrected chi connectivity index (χ3v) is 5.08. The molecule has 0 saturated heterocycles. The molecule has 1 aromatic heterocycles. The van der Waals surface area contributed by atoms with Crippen LogP contribution in [0.1, 0.15) is 27.8 Å². The third kappa shape index (κ3) is 2.79. The number of rotatable bonds is 1. The van der Waals surface area contributed by atoms with E-state index >= 15 is 0 Å². The molecule has 0 radical (unpaired) electrons. The summed E-state index contributed by atoms with van der Waals surface area (Å²) in [5, 5.41) is 0. The summed E-state index contributed by atoms with van der Waals surface area (Å²) in [5.41, 5.74) is 7.66. The molecule has 0 saturated carbocycles. The second kappa shape index (κ2) is 6.09. The van der Waals surface area contributed by atoms with Gasteiger partial charge in [0.1, 0.15) is 5.82 Å². The van der Waals surface area contributed by atoms with Crippen molar-refractivity contribution >= 4 is 22.7 Å². The van der Waals surface area contributed by atoms with Crippen LogP contribution in [0.3, 0.4) is 0 Å². The van der Waals surface area contributed by atoms with Crippen molar-refractivity contribution in [1.29, 1.82) is 0 Å². The summed E-state index contributed by atoms with van der Waals surface area (Å²) in [4.78, 5) is 14.1. The van der Waals surface area contributed by atoms with Gasteiger partial charge in [0.25, 0.3) is 0 Å². The lowest BCUT2D eigenvalue weighted by atomic mass is 9.92. The Hall–Kier alpha value is -3.40. The van der Waals surface area contributed by atoms with E-state index in [1.807, 2.05) is 30.3 Å². The molecule has 4 heteroatoms. The van der Waals surface area contributed by atoms with Crippen LogP contribution < -0.4 is 5.76 Å². The van der Waals surface area contributed by atoms with Crippen molar-refractivity contribution in [3.8, 4) is 0 Å². The van der Waals surface area contributed by atoms with Gasteiger partial charge in [-0.2, -0.15) is 0 Å². The molecule has 4 aromatic rings. The minimum Gasteiger partial charge on any atom is -0.408 e. The Labute approximate surface area is 154 Å². The van der Waals surface area contributed by atoms with Gasteiger partial charge < -0.3 is 4.42 Å². The first-order valence-corrected chi connectivity index (χ1v) is 8.89. The molecule has 0 aliphatic heterocycles. The van der Waals surface area contributed by atoms with Gasteiger partial charge in [-0.3, -0.25) is 4.98 Å². The molecular weight excluding hydrogens is 341 g/mol. The van der Waals surface area contributed by atoms with Gasteiger partial charge >= 0.3 is 5.76 Å². The fourth-order valence-electron chi connectivity index (χ4n) is 3.83. The van der Waals surface area contributed by atoms with E-state index in [1.165, 1.54) is 11.6 Å². The number of aryl methyl sites for hydroxylation is 2. The number of H-pyrrole nitrogens is 1. The third-order valence-electron chi connectivity index (χ3n) is 5.08. The molecule has 1 aliphatic rings. The number of aromatic nitrogens is 1. The van der Waals surface area contributed by atoms with Crippen molar-refractivity contribution in [2.45, 2.75) is 12.8 Å². The van der Waals surface area contributed by atoms with E-state index < -0.39 is 5.76 Å². The van der Waals surface area contributed by atoms with Crippen molar-refractivity contribution in [1.82, 2.24) is 4.98 Å². The smallest absolute Gasteiger partial charge is 0.408 e. The highest BCUT2D eigenvalue weighted by Crippen LogP contribution is 2.35. The Morgan fingerprint density at radius 1 is 0.926 bits per heavy atom. The standard InChI is InChI=1S/C23H16FNO2/c24-17-8-9-19-16(13-17)7-6-15-3-1-2-4-18(15)20(19)11-14-5-10-22-21(12-14)25-23(26)27-22/h1-5,8-13H,6-7H2,(H,25,26)/b20-11+. The first kappa shape index (κ1) is 15.8. The van der Waals surface area contributed by atoms with Crippen LogP contribution in [0.4, 0.5) is 4.39 Å². The number of halogens is 1. The Morgan fingerprint density at radius 3 is 2.67 bits per heavy atom. The average Bonchev–Trinajstić information content (AvgIpc) is 2.97. The molecule has 0 bridgehead atoms. The van der Waals surface area contributed by atoms with E-state index in [1.54, 1.807) is 12.1 Å². The van der Waals surface area contributed by atoms with Gasteiger partial charge in [-0.05, 0) is 76.6 Å². The molecule has 3 nitrogen and oxygen atoms in total. The molecule has 0 spiro atoms. The molecule has 0 fully saturated rings. The highest BCUT2D eigenvalue weighted by molar-refractivity contribution is 5.95. The van der Waals surface area contributed by atoms with Gasteiger partial charge in [-0.15, -0.1) is 0 Å². The lowest BCUT2D eigenvalue weighted by Gasteiger charge is -2.12. The van der Waals surface area contributed by atoms with E-state index in [4.69, 9.17) is 4.42 Å². The van der Waals surface area contributed by atoms with E-state index in [0.29, 0.717) is 11.1 Å². The van der Waals surface area contributed by atoms with Crippen LogP contribution in [0.15, 0.2) is 69.9 Å². The second-order valence-corrected chi connectivity index (χ2v) is 6.79. The van der Waals surface area contributed by atoms with Crippen molar-refractivity contribution in [2.24, 2.45) is 0 Å². The maximum absolute atomic E-state index is 13.8. The molecule has 3 aromatic carbocycles. The molecule has 5 rings (SSSR count). The molecule has 0 unspecified atom stereocenters. The number of oxazole rings is 1. The largest absolute Gasteiger partial charge is 0.417 e. The van der Waals surface area contributed by atoms with E-state index in [9.17, 15) is 9.18 Å². The second-order valence-electron chi connectivity index (χ2n) is 6.79. The average molecular weight is 357 g/mol. The van der Waals surface area contributed by atoms with Crippen LogP contribution in [0, 0.1) is 5.82 Å². The maximum atomic E-state index is 13.8. The highest BCUT2D eigenvalue weighted by atomic mass is 19.1. The van der Waals surface area contributed by atoms with Gasteiger partial charge in [-0.25, -0.2) is 9.18 Å². The summed E-state index contributed by atoms with van der Waals surface area (Å²) >= 11 is 0. The summed E-state index contributed by atoms with van der Waals surface area (Å²) < 4.78 is 18.9. The van der Waals surface area contributed by atoms with Crippen LogP contribution in [-0.2, 0) is 12.8 Å². The molecule has 1 heterocycles. The van der Waals surface area contributed by atoms with Crippen molar-refractivity contribution in [3.63, 3.8) is 0 Å². The van der Waals surface area contributed by atoms with Gasteiger partial charge in [0.2, 0.25) is 0 Å². The monoisotopic (exact) mass is 357 g/mol. The van der Waals surface area contributed by atoms with Crippen LogP contribution in [0.2, 0.25) is 0 Å². The summed E-state index contributed by atoms with van der Waals surface area (Å²) in [5.74, 6) is -0.674. The SMILES string of the molecule is O=c1[nH]c2cc(/C=C3\c4ccccc4CCc4cc(F)ccc43)ccc2o1. The minimum atomic E-state index is -0.463. The first-order chi connectivity index (χ1) is 13.2. The Morgan fingerprint density at radius 2 is 1.74 bits per heavy atom. The molecule has 1 N–H and O–H groups in total. The highest BCUT2D eigenvalue weighted by Gasteiger charge is 2.18. The van der Waals surface area contributed by atoms with E-state index in [0.717, 1.165) is 40.7 Å². The van der Waals surface area contributed by atoms with Crippen molar-refractivity contribution < 1.29 is 8.81 Å². The van der Waals surface area contributed by atoms with Crippen LogP contribution in [-0.4, -0.2) is 4.98 Å². The summed E-state index contributed by atoms with van der Waals surface area (Å²) in [7, 11) is 0. The van der Waals surface area contributed by atoms with Gasteiger partial charge in [0.05, 0.1) is 5.52 Å². The predicted octanol–water partition coefficient (Wildman–Crippen LogP) is 4.95. The molecular formula is C23H16FNO2. The molecule has 27 heavy (non-hydrogen) atoms. The Bertz CT molecular complexity index is 1260. The van der Waals surface area contributed by atoms with E-state index in [2.05, 4.69) is 23.2 Å². The quantitative estimate of drug-likeness (QED) is 0.524. The maximum Gasteiger partial charge on any atom is 0.417 e. The zero-order chi connectivity index (χ0) is 18.4. The van der Waals surface area contributed by atoms with Gasteiger partial charge in [0.15, 0.2) is 5.58 Å². The molecule has 0 amide bonds. The minimum absolute atomic E-state index is 0.212. The lowest BCUT2D eigenvalue weighted by molar-refractivity contribution is 0.555. The first-order valence-electron chi connectivity index (χ1n) is 8.89. The number of nitrogens with one attached hydrogen (secondary N) is 1. The molecule has 0 atom stereocenters. The number of fused-ring (bicyclic) bond motifs is 3. The van der Waals surface area contributed by atoms with Crippen LogP contribution in [0.25, 0.3) is 22.7 Å². The van der Waals surface area contributed by atoms with Gasteiger partial charge in [0, 0.05) is 0 Å². The van der Waals surface area contributed by atoms with Crippen molar-refractivity contribution in [2.75, 3.05) is 0 Å². The lowest BCUT2D eigenvalue weighted by Crippen LogP contribution is -1.94. The summed E-state index contributed by atoms with van der Waals surface area (Å²) in [6.07, 6.45) is 3.76. The Kier molecular flexibility index (Phi) is 3.57. The van der Waals surface area contributed by atoms with Crippen LogP contribution >= 0.6 is 0 Å². The fraction of sp³-hybridized carbons (Fsp3) is 0.0870. The number of benzene rings is 3. The van der Waals surface area contributed by atoms with E-state index in [-0.39, 0.29) is 5.82 Å². The zero-order valence-corrected chi connectivity index (χ0v) is 14.5. The zero-order valence-electron chi connectivity index (χ0n) is 14.5. The summed E-state index contributed by atoms with van der Waals surface area (Å²) in [6, 6.07) is 18.9. The van der Waals surface area contributed by atoms with Crippen LogP contribution in [0.5, 0.6) is 0 Å². The van der Waals surface area contributed by atoms with Gasteiger partial charge in [-0.1, -0.05) is 36.4 Å². The number of hydrogen-bond acceptors (Lipinski definition) is 2. The molecule has 132 valence electrons. The normalized spacial score (nSPS) is 14.8. The summed E-state index contributed by atoms with van der Waals surface area (Å²) in [6.45, 7) is 0. The predicted molar refractivity (Wildman–Crippen MR) is 104 cm³/mol.